The van der Waals surface area contributed by atoms with Crippen molar-refractivity contribution < 1.29 is 88.6 Å². The number of ether oxygens (including phenoxy) is 3. The Bertz CT molecular complexity index is 4270. The topological polar surface area (TPSA) is 408 Å². The number of phenolic OH excluding ortho intramolecular Hbond substituents is 6. The number of hydrogen-bond acceptors (Lipinski definition) is 20. The predicted molar refractivity (Wildman–Crippen MR) is 339 cm³/mol. The fraction of sp³-hybridized carbons (Fsp3) is 0.258. The van der Waals surface area contributed by atoms with Crippen LogP contribution in [-0.4, -0.2) is 139 Å². The van der Waals surface area contributed by atoms with E-state index in [1.165, 1.54) is 66.7 Å². The highest BCUT2D eigenvalue weighted by Gasteiger charge is 2.42. The molecule has 6 heterocycles. The molecule has 0 radical (unpaired) electrons. The lowest BCUT2D eigenvalue weighted by molar-refractivity contribution is -0.137. The zero-order valence-electron chi connectivity index (χ0n) is 50.6. The summed E-state index contributed by atoms with van der Waals surface area (Å²) >= 11 is 13.9. The van der Waals surface area contributed by atoms with Crippen molar-refractivity contribution in [3.63, 3.8) is 0 Å². The van der Waals surface area contributed by atoms with Crippen molar-refractivity contribution in [1.29, 1.82) is 0 Å². The summed E-state index contributed by atoms with van der Waals surface area (Å²) in [6, 6.07) is 8.84. The van der Waals surface area contributed by atoms with Crippen molar-refractivity contribution in [2.24, 2.45) is 0 Å². The number of nitrogens with zero attached hydrogens (tertiary/aromatic N) is 1. The maximum absolute atomic E-state index is 15.9. The zero-order chi connectivity index (χ0) is 67.8. The van der Waals surface area contributed by atoms with Crippen LogP contribution in [0.1, 0.15) is 88.6 Å². The van der Waals surface area contributed by atoms with Crippen LogP contribution in [0.25, 0.3) is 11.1 Å². The Labute approximate surface area is 550 Å². The maximum atomic E-state index is 15.9. The first kappa shape index (κ1) is 65.9. The van der Waals surface area contributed by atoms with E-state index in [9.17, 15) is 50.4 Å². The van der Waals surface area contributed by atoms with E-state index in [2.05, 4.69) is 42.5 Å². The number of aromatic hydroxyl groups is 6. The number of phenols is 6. The van der Waals surface area contributed by atoms with Gasteiger partial charge in [0.25, 0.3) is 0 Å². The van der Waals surface area contributed by atoms with Crippen LogP contribution in [0, 0.1) is 0 Å². The Kier molecular flexibility index (Phi) is 18.9. The molecule has 17 bridgehead atoms. The van der Waals surface area contributed by atoms with E-state index in [-0.39, 0.29) is 90.5 Å². The van der Waals surface area contributed by atoms with Gasteiger partial charge in [-0.25, -0.2) is 0 Å². The van der Waals surface area contributed by atoms with E-state index < -0.39 is 148 Å². The van der Waals surface area contributed by atoms with Gasteiger partial charge in [0, 0.05) is 42.3 Å². The van der Waals surface area contributed by atoms with Crippen LogP contribution in [0.2, 0.25) is 10.0 Å². The number of rotatable bonds is 8. The van der Waals surface area contributed by atoms with Crippen LogP contribution >= 0.6 is 23.2 Å². The number of aliphatic hydroxyl groups excluding tert-OH is 2. The monoisotopic (exact) mass is 1340 g/mol. The summed E-state index contributed by atoms with van der Waals surface area (Å²) in [5.74, 6) is -13.4. The Hall–Kier alpha value is -10.6. The minimum atomic E-state index is -2.17. The molecule has 16 N–H and O–H groups in total. The molecule has 0 saturated carbocycles. The third-order valence-electron chi connectivity index (χ3n) is 16.2. The number of aliphatic hydroxyl groups is 2. The number of amides is 7. The average Bonchev–Trinajstić information content (AvgIpc) is 0.779. The molecular formula is C66H63Cl2N9O18. The van der Waals surface area contributed by atoms with Gasteiger partial charge >= 0.3 is 0 Å². The van der Waals surface area contributed by atoms with Gasteiger partial charge in [0.05, 0.1) is 16.7 Å². The molecule has 13 rings (SSSR count). The second-order valence-corrected chi connectivity index (χ2v) is 24.2. The third kappa shape index (κ3) is 14.1. The molecule has 0 saturated heterocycles. The minimum absolute atomic E-state index is 0.0501. The number of halogens is 2. The predicted octanol–water partition coefficient (Wildman–Crippen LogP) is 4.98. The second-order valence-electron chi connectivity index (χ2n) is 23.4. The Balaban J connectivity index is 1.12. The number of benzene rings is 7. The minimum Gasteiger partial charge on any atom is -0.508 e. The molecule has 0 spiro atoms. The summed E-state index contributed by atoms with van der Waals surface area (Å²) < 4.78 is 18.7. The fourth-order valence-electron chi connectivity index (χ4n) is 11.4. The van der Waals surface area contributed by atoms with Crippen molar-refractivity contribution in [2.45, 2.75) is 74.2 Å². The molecule has 6 aliphatic heterocycles. The number of hydrogen-bond donors (Lipinski definition) is 16. The summed E-state index contributed by atoms with van der Waals surface area (Å²) in [7, 11) is 3.63. The van der Waals surface area contributed by atoms with Crippen LogP contribution in [0.5, 0.6) is 69.0 Å². The number of carbonyl (C=O) groups is 7. The lowest BCUT2D eigenvalue weighted by Gasteiger charge is -2.31. The maximum Gasteiger partial charge on any atom is 0.248 e. The van der Waals surface area contributed by atoms with E-state index in [1.807, 2.05) is 19.0 Å². The first-order chi connectivity index (χ1) is 45.3. The normalized spacial score (nSPS) is 21.3. The van der Waals surface area contributed by atoms with Crippen LogP contribution < -0.4 is 56.7 Å². The summed E-state index contributed by atoms with van der Waals surface area (Å²) in [6.07, 6.45) is -2.02. The van der Waals surface area contributed by atoms with E-state index >= 15 is 24.0 Å². The number of nitrogens with one attached hydrogen (secondary N) is 8. The lowest BCUT2D eigenvalue weighted by Crippen LogP contribution is -2.56. The molecule has 0 aromatic heterocycles. The molecule has 494 valence electrons. The highest BCUT2D eigenvalue weighted by atomic mass is 35.5. The molecule has 7 amide bonds. The highest BCUT2D eigenvalue weighted by molar-refractivity contribution is 6.32. The van der Waals surface area contributed by atoms with Gasteiger partial charge in [-0.1, -0.05) is 47.5 Å². The molecule has 0 aliphatic carbocycles. The van der Waals surface area contributed by atoms with Gasteiger partial charge in [-0.2, -0.15) is 0 Å². The summed E-state index contributed by atoms with van der Waals surface area (Å²) in [5.41, 5.74) is -1.40. The van der Waals surface area contributed by atoms with Gasteiger partial charge in [0.15, 0.2) is 23.0 Å². The van der Waals surface area contributed by atoms with Crippen molar-refractivity contribution >= 4 is 64.6 Å². The first-order valence-corrected chi connectivity index (χ1v) is 30.4. The smallest absolute Gasteiger partial charge is 0.248 e. The molecule has 7 aromatic rings. The van der Waals surface area contributed by atoms with Gasteiger partial charge in [-0.05, 0) is 152 Å². The quantitative estimate of drug-likeness (QED) is 0.0892. The number of fused-ring (bicyclic) bond motifs is 14. The molecular weight excluding hydrogens is 1280 g/mol. The van der Waals surface area contributed by atoms with E-state index in [4.69, 9.17) is 37.4 Å². The second kappa shape index (κ2) is 27.2. The largest absolute Gasteiger partial charge is 0.508 e. The third-order valence-corrected chi connectivity index (χ3v) is 16.8. The summed E-state index contributed by atoms with van der Waals surface area (Å²) in [5, 5.41) is 113. The van der Waals surface area contributed by atoms with E-state index in [0.29, 0.717) is 18.5 Å². The van der Waals surface area contributed by atoms with Crippen LogP contribution in [0.15, 0.2) is 115 Å². The van der Waals surface area contributed by atoms with Crippen molar-refractivity contribution in [2.75, 3.05) is 33.8 Å². The summed E-state index contributed by atoms with van der Waals surface area (Å²) in [4.78, 5) is 109. The lowest BCUT2D eigenvalue weighted by atomic mass is 9.89. The van der Waals surface area contributed by atoms with Crippen LogP contribution in [0.3, 0.4) is 0 Å². The molecule has 27 nitrogen and oxygen atoms in total. The van der Waals surface area contributed by atoms with Gasteiger partial charge in [0.1, 0.15) is 88.6 Å². The van der Waals surface area contributed by atoms with Crippen molar-refractivity contribution in [3.05, 3.63) is 164 Å². The van der Waals surface area contributed by atoms with Crippen molar-refractivity contribution in [3.8, 4) is 80.1 Å². The van der Waals surface area contributed by atoms with Crippen LogP contribution in [-0.2, 0) is 40.0 Å². The average molecular weight is 1340 g/mol. The Morgan fingerprint density at radius 3 is 1.85 bits per heavy atom. The van der Waals surface area contributed by atoms with Gasteiger partial charge in [0.2, 0.25) is 47.1 Å². The SMILES string of the molecule is CC(CO)N[C@@H]1C(=O)N[C@@H]2Cc3ccc(c(Cl)c3)Oc3cc4cc(c3O)Oc3ccc(cc3Cl)[C@@H](O)[C@@H]3NC(=O)[C@H](NC(=O)[C@@H]4NC(=O)[C@@H](NC2=O)c2cc(O)cc(c2)Oc2cc1ccc2O)c1ccc(O)c(c1)-c1c(O)cc(O)cc1[C@H](C(=O)NCCCN(C)C)NC3=O. The molecule has 7 aromatic carbocycles. The van der Waals surface area contributed by atoms with E-state index in [1.54, 1.807) is 6.92 Å². The molecule has 1 unspecified atom stereocenters. The standard InChI is InChI=1S/C66H63Cl2N9O18/c1-28(27-78)70-52-31-7-10-44(82)48(21-31)93-37-18-33(17-35(79)24-37)54-64(90)74-55-34-22-49(94-46-11-5-29(15-40(46)67)16-42(60(86)72-54)71-62(52)88)59(85)50(23-34)95-47-12-8-32(20-41(47)68)58(84)57-66(92)75-56(61(87)69-13-4-14-77(2)3)39-25-36(80)26-45(83)51(39)38-19-30(6-9-43(38)81)53(63(89)76-57)73-65(55)91/h5-12,15,17-26,28,42,52-58,70,78-85H,4,13-14,16,27H2,1-3H3,(H,69,87)(H,71,88)(H,72,86)(H,73,91)(H,74,90)(H,75,92)(H,76,89)/t28?,42-,52+,53-,54+,55-,56-,57+,58-/m1/s1. The Morgan fingerprint density at radius 2 is 1.18 bits per heavy atom. The molecule has 0 fully saturated rings. The van der Waals surface area contributed by atoms with Crippen LogP contribution in [0.4, 0.5) is 0 Å². The molecule has 6 aliphatic rings. The van der Waals surface area contributed by atoms with Gasteiger partial charge in [-0.15, -0.1) is 0 Å². The van der Waals surface area contributed by atoms with Gasteiger partial charge < -0.3 is 97.2 Å². The first-order valence-electron chi connectivity index (χ1n) is 29.6. The van der Waals surface area contributed by atoms with E-state index in [0.717, 1.165) is 48.5 Å². The molecule has 95 heavy (non-hydrogen) atoms. The summed E-state index contributed by atoms with van der Waals surface area (Å²) in [6.45, 7) is 1.70. The number of carbonyl (C=O) groups excluding carboxylic acids is 7. The molecule has 29 heteroatoms. The van der Waals surface area contributed by atoms with Gasteiger partial charge in [-0.3, -0.25) is 38.9 Å². The highest BCUT2D eigenvalue weighted by Crippen LogP contribution is 2.48. The molecule has 9 atom stereocenters. The van der Waals surface area contributed by atoms with Crippen molar-refractivity contribution in [1.82, 2.24) is 47.4 Å². The fourth-order valence-corrected chi connectivity index (χ4v) is 11.9. The zero-order valence-corrected chi connectivity index (χ0v) is 52.1. The Morgan fingerprint density at radius 1 is 0.579 bits per heavy atom.